The molecule has 1 saturated heterocycles. The van der Waals surface area contributed by atoms with Crippen LogP contribution in [0.4, 0.5) is 4.79 Å². The highest BCUT2D eigenvalue weighted by Crippen LogP contribution is 2.17. The van der Waals surface area contributed by atoms with E-state index in [1.165, 1.54) is 18.4 Å². The maximum atomic E-state index is 11.8. The molecule has 1 N–H and O–H groups in total. The van der Waals surface area contributed by atoms with Crippen LogP contribution in [0.3, 0.4) is 0 Å². The Bertz CT molecular complexity index is 425. The minimum atomic E-state index is -0.263. The summed E-state index contributed by atoms with van der Waals surface area (Å²) in [7, 11) is 1.40. The summed E-state index contributed by atoms with van der Waals surface area (Å²) >= 11 is 1.44. The van der Waals surface area contributed by atoms with Gasteiger partial charge in [0.2, 0.25) is 0 Å². The first kappa shape index (κ1) is 13.9. The van der Waals surface area contributed by atoms with Crippen LogP contribution < -0.4 is 5.32 Å². The van der Waals surface area contributed by atoms with E-state index >= 15 is 0 Å². The van der Waals surface area contributed by atoms with E-state index in [1.807, 2.05) is 17.5 Å². The number of carbonyl (C=O) groups is 2. The zero-order valence-electron chi connectivity index (χ0n) is 10.9. The first-order chi connectivity index (χ1) is 9.20. The molecule has 0 saturated carbocycles. The van der Waals surface area contributed by atoms with Crippen molar-refractivity contribution in [3.8, 4) is 0 Å². The van der Waals surface area contributed by atoms with Gasteiger partial charge < -0.3 is 15.0 Å². The number of ether oxygens (including phenoxy) is 1. The molecular weight excluding hydrogens is 264 g/mol. The minimum Gasteiger partial charge on any atom is -0.453 e. The van der Waals surface area contributed by atoms with Crippen LogP contribution in [0.2, 0.25) is 0 Å². The van der Waals surface area contributed by atoms with E-state index in [9.17, 15) is 9.59 Å². The number of rotatable bonds is 3. The van der Waals surface area contributed by atoms with Crippen LogP contribution in [-0.2, 0) is 4.74 Å². The van der Waals surface area contributed by atoms with Crippen molar-refractivity contribution in [3.05, 3.63) is 22.4 Å². The number of nitrogens with zero attached hydrogens (tertiary/aromatic N) is 1. The lowest BCUT2D eigenvalue weighted by Gasteiger charge is -2.30. The second-order valence-electron chi connectivity index (χ2n) is 4.59. The molecule has 1 aromatic rings. The molecule has 2 amide bonds. The SMILES string of the molecule is COC(=O)N1CCC(CNC(=O)c2cccs2)CC1. The Labute approximate surface area is 116 Å². The molecule has 19 heavy (non-hydrogen) atoms. The summed E-state index contributed by atoms with van der Waals surface area (Å²) in [6.45, 7) is 2.07. The number of hydrogen-bond donors (Lipinski definition) is 1. The summed E-state index contributed by atoms with van der Waals surface area (Å²) in [5, 5.41) is 4.84. The van der Waals surface area contributed by atoms with Crippen molar-refractivity contribution in [1.29, 1.82) is 0 Å². The Morgan fingerprint density at radius 2 is 2.21 bits per heavy atom. The normalized spacial score (nSPS) is 16.2. The highest BCUT2D eigenvalue weighted by Gasteiger charge is 2.23. The minimum absolute atomic E-state index is 0.00889. The second-order valence-corrected chi connectivity index (χ2v) is 5.54. The molecule has 0 radical (unpaired) electrons. The van der Waals surface area contributed by atoms with Crippen LogP contribution in [0.25, 0.3) is 0 Å². The Kier molecular flexibility index (Phi) is 4.79. The molecule has 0 aromatic carbocycles. The maximum Gasteiger partial charge on any atom is 0.409 e. The average molecular weight is 282 g/mol. The lowest BCUT2D eigenvalue weighted by atomic mass is 9.97. The van der Waals surface area contributed by atoms with Gasteiger partial charge in [0, 0.05) is 19.6 Å². The van der Waals surface area contributed by atoms with Gasteiger partial charge in [-0.05, 0) is 30.2 Å². The number of hydrogen-bond acceptors (Lipinski definition) is 4. The molecule has 1 aliphatic rings. The molecule has 0 aliphatic carbocycles. The van der Waals surface area contributed by atoms with E-state index in [0.29, 0.717) is 25.6 Å². The number of methoxy groups -OCH3 is 1. The fourth-order valence-corrected chi connectivity index (χ4v) is 2.82. The van der Waals surface area contributed by atoms with Crippen molar-refractivity contribution in [3.63, 3.8) is 0 Å². The molecule has 1 fully saturated rings. The first-order valence-electron chi connectivity index (χ1n) is 6.35. The van der Waals surface area contributed by atoms with Gasteiger partial charge in [-0.2, -0.15) is 0 Å². The summed E-state index contributed by atoms with van der Waals surface area (Å²) in [5.41, 5.74) is 0. The van der Waals surface area contributed by atoms with Gasteiger partial charge in [-0.25, -0.2) is 4.79 Å². The fraction of sp³-hybridized carbons (Fsp3) is 0.538. The molecule has 0 atom stereocenters. The van der Waals surface area contributed by atoms with Crippen LogP contribution in [0.1, 0.15) is 22.5 Å². The lowest BCUT2D eigenvalue weighted by Crippen LogP contribution is -2.41. The van der Waals surface area contributed by atoms with E-state index < -0.39 is 0 Å². The first-order valence-corrected chi connectivity index (χ1v) is 7.23. The number of piperidine rings is 1. The number of likely N-dealkylation sites (tertiary alicyclic amines) is 1. The second kappa shape index (κ2) is 6.56. The Morgan fingerprint density at radius 3 is 2.79 bits per heavy atom. The molecular formula is C13H18N2O3S. The van der Waals surface area contributed by atoms with Crippen molar-refractivity contribution in [2.75, 3.05) is 26.7 Å². The Morgan fingerprint density at radius 1 is 1.47 bits per heavy atom. The third kappa shape index (κ3) is 3.70. The molecule has 1 aliphatic heterocycles. The molecule has 104 valence electrons. The van der Waals surface area contributed by atoms with Crippen LogP contribution in [-0.4, -0.2) is 43.6 Å². The molecule has 1 aromatic heterocycles. The van der Waals surface area contributed by atoms with Crippen molar-refractivity contribution in [2.45, 2.75) is 12.8 Å². The topological polar surface area (TPSA) is 58.6 Å². The van der Waals surface area contributed by atoms with E-state index in [-0.39, 0.29) is 12.0 Å². The smallest absolute Gasteiger partial charge is 0.409 e. The number of amides is 2. The summed E-state index contributed by atoms with van der Waals surface area (Å²) in [6, 6.07) is 3.69. The van der Waals surface area contributed by atoms with Gasteiger partial charge in [-0.3, -0.25) is 4.79 Å². The van der Waals surface area contributed by atoms with Gasteiger partial charge in [0.15, 0.2) is 0 Å². The third-order valence-electron chi connectivity index (χ3n) is 3.34. The summed E-state index contributed by atoms with van der Waals surface area (Å²) in [5.74, 6) is 0.426. The van der Waals surface area contributed by atoms with E-state index in [4.69, 9.17) is 4.74 Å². The van der Waals surface area contributed by atoms with Crippen molar-refractivity contribution < 1.29 is 14.3 Å². The largest absolute Gasteiger partial charge is 0.453 e. The molecule has 0 spiro atoms. The maximum absolute atomic E-state index is 11.8. The van der Waals surface area contributed by atoms with E-state index in [0.717, 1.165) is 17.7 Å². The molecule has 6 heteroatoms. The van der Waals surface area contributed by atoms with Crippen molar-refractivity contribution in [2.24, 2.45) is 5.92 Å². The molecule has 2 rings (SSSR count). The standard InChI is InChI=1S/C13H18N2O3S/c1-18-13(17)15-6-4-10(5-7-15)9-14-12(16)11-3-2-8-19-11/h2-3,8,10H,4-7,9H2,1H3,(H,14,16). The van der Waals surface area contributed by atoms with E-state index in [2.05, 4.69) is 5.32 Å². The monoisotopic (exact) mass is 282 g/mol. The predicted molar refractivity (Wildman–Crippen MR) is 73.4 cm³/mol. The van der Waals surface area contributed by atoms with Gasteiger partial charge in [-0.1, -0.05) is 6.07 Å². The van der Waals surface area contributed by atoms with Crippen LogP contribution >= 0.6 is 11.3 Å². The lowest BCUT2D eigenvalue weighted by molar-refractivity contribution is 0.0917. The highest BCUT2D eigenvalue weighted by molar-refractivity contribution is 7.12. The van der Waals surface area contributed by atoms with Gasteiger partial charge in [0.25, 0.3) is 5.91 Å². The average Bonchev–Trinajstić information content (AvgIpc) is 2.98. The fourth-order valence-electron chi connectivity index (χ4n) is 2.18. The van der Waals surface area contributed by atoms with Crippen molar-refractivity contribution in [1.82, 2.24) is 10.2 Å². The number of thiophene rings is 1. The molecule has 5 nitrogen and oxygen atoms in total. The van der Waals surface area contributed by atoms with Crippen molar-refractivity contribution >= 4 is 23.3 Å². The molecule has 0 bridgehead atoms. The van der Waals surface area contributed by atoms with Gasteiger partial charge in [-0.15, -0.1) is 11.3 Å². The zero-order chi connectivity index (χ0) is 13.7. The van der Waals surface area contributed by atoms with Gasteiger partial charge >= 0.3 is 6.09 Å². The van der Waals surface area contributed by atoms with Crippen LogP contribution in [0.15, 0.2) is 17.5 Å². The molecule has 0 unspecified atom stereocenters. The zero-order valence-corrected chi connectivity index (χ0v) is 11.7. The molecule has 2 heterocycles. The summed E-state index contributed by atoms with van der Waals surface area (Å²) < 4.78 is 4.69. The summed E-state index contributed by atoms with van der Waals surface area (Å²) in [6.07, 6.45) is 1.54. The number of nitrogens with one attached hydrogen (secondary N) is 1. The van der Waals surface area contributed by atoms with Crippen LogP contribution in [0, 0.1) is 5.92 Å². The number of carbonyl (C=O) groups excluding carboxylic acids is 2. The summed E-state index contributed by atoms with van der Waals surface area (Å²) in [4.78, 5) is 25.6. The van der Waals surface area contributed by atoms with Gasteiger partial charge in [0.1, 0.15) is 0 Å². The predicted octanol–water partition coefficient (Wildman–Crippen LogP) is 1.96. The van der Waals surface area contributed by atoms with Gasteiger partial charge in [0.05, 0.1) is 12.0 Å². The third-order valence-corrected chi connectivity index (χ3v) is 4.21. The van der Waals surface area contributed by atoms with E-state index in [1.54, 1.807) is 4.90 Å². The quantitative estimate of drug-likeness (QED) is 0.922. The van der Waals surface area contributed by atoms with Crippen LogP contribution in [0.5, 0.6) is 0 Å². The highest BCUT2D eigenvalue weighted by atomic mass is 32.1. The Balaban J connectivity index is 1.71. The Hall–Kier alpha value is -1.56.